The number of hydrogen-bond donors (Lipinski definition) is 1. The molecular formula is C20H21F2NO. The standard InChI is InChI=1S/C20H21F2NO/c21-17-11-6-10-16(19(17)22)20(24)23-18-12-5-4-9-15(18)13-14-7-2-1-3-8-14/h1-3,6-8,10-11,15,18H,4-5,9,12-13H2,(H,23,24). The maximum Gasteiger partial charge on any atom is 0.254 e. The van der Waals surface area contributed by atoms with E-state index in [0.717, 1.165) is 38.2 Å². The highest BCUT2D eigenvalue weighted by molar-refractivity contribution is 5.94. The summed E-state index contributed by atoms with van der Waals surface area (Å²) in [5.74, 6) is -2.28. The molecule has 126 valence electrons. The van der Waals surface area contributed by atoms with E-state index in [1.54, 1.807) is 0 Å². The van der Waals surface area contributed by atoms with E-state index in [1.807, 2.05) is 18.2 Å². The van der Waals surface area contributed by atoms with Crippen LogP contribution in [0.15, 0.2) is 48.5 Å². The Hall–Kier alpha value is -2.23. The van der Waals surface area contributed by atoms with Gasteiger partial charge < -0.3 is 5.32 Å². The first kappa shape index (κ1) is 16.6. The van der Waals surface area contributed by atoms with Crippen molar-refractivity contribution < 1.29 is 13.6 Å². The first-order valence-electron chi connectivity index (χ1n) is 8.44. The Labute approximate surface area is 140 Å². The van der Waals surface area contributed by atoms with Crippen molar-refractivity contribution in [2.75, 3.05) is 0 Å². The second kappa shape index (κ2) is 7.56. The Bertz CT molecular complexity index is 702. The third-order valence-electron chi connectivity index (χ3n) is 4.76. The fourth-order valence-corrected chi connectivity index (χ4v) is 3.48. The highest BCUT2D eigenvalue weighted by Crippen LogP contribution is 2.28. The molecule has 0 heterocycles. The fourth-order valence-electron chi connectivity index (χ4n) is 3.48. The number of benzene rings is 2. The van der Waals surface area contributed by atoms with Gasteiger partial charge in [0.25, 0.3) is 5.91 Å². The highest BCUT2D eigenvalue weighted by atomic mass is 19.2. The molecule has 4 heteroatoms. The van der Waals surface area contributed by atoms with Crippen molar-refractivity contribution in [1.82, 2.24) is 5.32 Å². The van der Waals surface area contributed by atoms with Crippen molar-refractivity contribution in [3.63, 3.8) is 0 Å². The lowest BCUT2D eigenvalue weighted by molar-refractivity contribution is 0.0900. The quantitative estimate of drug-likeness (QED) is 0.879. The molecule has 0 spiro atoms. The van der Waals surface area contributed by atoms with E-state index in [-0.39, 0.29) is 11.6 Å². The summed E-state index contributed by atoms with van der Waals surface area (Å²) in [6.07, 6.45) is 4.98. The van der Waals surface area contributed by atoms with Crippen molar-refractivity contribution in [2.45, 2.75) is 38.1 Å². The summed E-state index contributed by atoms with van der Waals surface area (Å²) in [6.45, 7) is 0. The molecule has 1 amide bonds. The van der Waals surface area contributed by atoms with Gasteiger partial charge in [-0.3, -0.25) is 4.79 Å². The van der Waals surface area contributed by atoms with Crippen molar-refractivity contribution in [1.29, 1.82) is 0 Å². The van der Waals surface area contributed by atoms with Gasteiger partial charge in [0.15, 0.2) is 11.6 Å². The van der Waals surface area contributed by atoms with E-state index >= 15 is 0 Å². The molecule has 0 aliphatic heterocycles. The molecule has 1 fully saturated rings. The molecule has 1 aliphatic carbocycles. The molecule has 1 N–H and O–H groups in total. The normalized spacial score (nSPS) is 20.6. The summed E-state index contributed by atoms with van der Waals surface area (Å²) in [7, 11) is 0. The van der Waals surface area contributed by atoms with Gasteiger partial charge >= 0.3 is 0 Å². The second-order valence-corrected chi connectivity index (χ2v) is 6.42. The van der Waals surface area contributed by atoms with Crippen molar-refractivity contribution in [3.8, 4) is 0 Å². The smallest absolute Gasteiger partial charge is 0.254 e. The molecule has 2 aromatic carbocycles. The average Bonchev–Trinajstić information content (AvgIpc) is 2.60. The zero-order valence-corrected chi connectivity index (χ0v) is 13.5. The SMILES string of the molecule is O=C(NC1CCCCC1Cc1ccccc1)c1cccc(F)c1F. The van der Waals surface area contributed by atoms with Crippen molar-refractivity contribution >= 4 is 5.91 Å². The summed E-state index contributed by atoms with van der Waals surface area (Å²) in [6, 6.07) is 13.9. The average molecular weight is 329 g/mol. The minimum atomic E-state index is -1.08. The van der Waals surface area contributed by atoms with Crippen LogP contribution in [0.1, 0.15) is 41.6 Å². The minimum absolute atomic E-state index is 0.00544. The molecule has 2 nitrogen and oxygen atoms in total. The van der Waals surface area contributed by atoms with Gasteiger partial charge in [0.05, 0.1) is 5.56 Å². The minimum Gasteiger partial charge on any atom is -0.349 e. The molecule has 1 saturated carbocycles. The van der Waals surface area contributed by atoms with E-state index in [2.05, 4.69) is 17.4 Å². The molecule has 0 aromatic heterocycles. The molecule has 3 rings (SSSR count). The molecule has 24 heavy (non-hydrogen) atoms. The van der Waals surface area contributed by atoms with Gasteiger partial charge in [-0.25, -0.2) is 8.78 Å². The monoisotopic (exact) mass is 329 g/mol. The lowest BCUT2D eigenvalue weighted by atomic mass is 9.80. The summed E-state index contributed by atoms with van der Waals surface area (Å²) >= 11 is 0. The maximum absolute atomic E-state index is 13.8. The van der Waals surface area contributed by atoms with Gasteiger partial charge in [0.1, 0.15) is 0 Å². The molecular weight excluding hydrogens is 308 g/mol. The summed E-state index contributed by atoms with van der Waals surface area (Å²) in [5, 5.41) is 2.93. The molecule has 0 saturated heterocycles. The Morgan fingerprint density at radius 3 is 2.54 bits per heavy atom. The molecule has 1 aliphatic rings. The van der Waals surface area contributed by atoms with Crippen molar-refractivity contribution in [2.24, 2.45) is 5.92 Å². The van der Waals surface area contributed by atoms with Crippen LogP contribution in [-0.2, 0) is 6.42 Å². The third kappa shape index (κ3) is 3.81. The van der Waals surface area contributed by atoms with Gasteiger partial charge in [0.2, 0.25) is 0 Å². The summed E-state index contributed by atoms with van der Waals surface area (Å²) < 4.78 is 27.1. The number of nitrogens with one attached hydrogen (secondary N) is 1. The molecule has 2 aromatic rings. The lowest BCUT2D eigenvalue weighted by Gasteiger charge is -2.32. The topological polar surface area (TPSA) is 29.1 Å². The highest BCUT2D eigenvalue weighted by Gasteiger charge is 2.28. The number of amides is 1. The first-order chi connectivity index (χ1) is 11.6. The first-order valence-corrected chi connectivity index (χ1v) is 8.44. The second-order valence-electron chi connectivity index (χ2n) is 6.42. The van der Waals surface area contributed by atoms with Crippen molar-refractivity contribution in [3.05, 3.63) is 71.3 Å². The van der Waals surface area contributed by atoms with Gasteiger partial charge in [-0.2, -0.15) is 0 Å². The van der Waals surface area contributed by atoms with Gasteiger partial charge in [-0.15, -0.1) is 0 Å². The van der Waals surface area contributed by atoms with E-state index in [9.17, 15) is 13.6 Å². The van der Waals surface area contributed by atoms with Crippen LogP contribution in [-0.4, -0.2) is 11.9 Å². The number of carbonyl (C=O) groups is 1. The Morgan fingerprint density at radius 1 is 1.00 bits per heavy atom. The van der Waals surface area contributed by atoms with E-state index < -0.39 is 17.5 Å². The maximum atomic E-state index is 13.8. The molecule has 2 unspecified atom stereocenters. The Balaban J connectivity index is 1.71. The molecule has 0 bridgehead atoms. The fraction of sp³-hybridized carbons (Fsp3) is 0.350. The van der Waals surface area contributed by atoms with Crippen LogP contribution < -0.4 is 5.32 Å². The van der Waals surface area contributed by atoms with Crippen LogP contribution in [0.5, 0.6) is 0 Å². The van der Waals surface area contributed by atoms with Crippen LogP contribution in [0.25, 0.3) is 0 Å². The van der Waals surface area contributed by atoms with Gasteiger partial charge in [-0.1, -0.05) is 49.2 Å². The van der Waals surface area contributed by atoms with E-state index in [1.165, 1.54) is 17.7 Å². The number of halogens is 2. The molecule has 2 atom stereocenters. The van der Waals surface area contributed by atoms with Crippen LogP contribution in [0.3, 0.4) is 0 Å². The largest absolute Gasteiger partial charge is 0.349 e. The summed E-state index contributed by atoms with van der Waals surface area (Å²) in [4.78, 5) is 12.4. The predicted molar refractivity (Wildman–Crippen MR) is 89.7 cm³/mol. The van der Waals surface area contributed by atoms with E-state index in [4.69, 9.17) is 0 Å². The number of hydrogen-bond acceptors (Lipinski definition) is 1. The third-order valence-corrected chi connectivity index (χ3v) is 4.76. The predicted octanol–water partition coefficient (Wildman–Crippen LogP) is 4.50. The van der Waals surface area contributed by atoms with Crippen LogP contribution in [0.4, 0.5) is 8.78 Å². The zero-order valence-electron chi connectivity index (χ0n) is 13.5. The Kier molecular flexibility index (Phi) is 5.24. The van der Waals surface area contributed by atoms with Crippen LogP contribution >= 0.6 is 0 Å². The summed E-state index contributed by atoms with van der Waals surface area (Å²) in [5.41, 5.74) is 1.01. The van der Waals surface area contributed by atoms with Gasteiger partial charge in [0, 0.05) is 6.04 Å². The van der Waals surface area contributed by atoms with Gasteiger partial charge in [-0.05, 0) is 42.9 Å². The number of carbonyl (C=O) groups excluding carboxylic acids is 1. The molecule has 0 radical (unpaired) electrons. The van der Waals surface area contributed by atoms with Crippen LogP contribution in [0.2, 0.25) is 0 Å². The van der Waals surface area contributed by atoms with Crippen LogP contribution in [0, 0.1) is 17.6 Å². The lowest BCUT2D eigenvalue weighted by Crippen LogP contribution is -2.43. The number of rotatable bonds is 4. The zero-order chi connectivity index (χ0) is 16.9. The Morgan fingerprint density at radius 2 is 1.75 bits per heavy atom. The van der Waals surface area contributed by atoms with E-state index in [0.29, 0.717) is 5.92 Å².